The minimum atomic E-state index is -0.486. The molecule has 0 heterocycles. The minimum Gasteiger partial charge on any atom is -0.456 e. The molecule has 6 heteroatoms. The molecule has 0 fully saturated rings. The molecule has 1 aromatic rings. The number of nitrogens with one attached hydrogen (secondary N) is 2. The Labute approximate surface area is 130 Å². The van der Waals surface area contributed by atoms with E-state index in [0.29, 0.717) is 13.0 Å². The van der Waals surface area contributed by atoms with Crippen LogP contribution >= 0.6 is 0 Å². The highest BCUT2D eigenvalue weighted by Gasteiger charge is 2.09. The van der Waals surface area contributed by atoms with Gasteiger partial charge in [-0.3, -0.25) is 14.4 Å². The molecule has 2 N–H and O–H groups in total. The van der Waals surface area contributed by atoms with Crippen LogP contribution in [0.2, 0.25) is 0 Å². The summed E-state index contributed by atoms with van der Waals surface area (Å²) >= 11 is 0. The van der Waals surface area contributed by atoms with Gasteiger partial charge >= 0.3 is 5.97 Å². The number of carbonyl (C=O) groups excluding carboxylic acids is 3. The summed E-state index contributed by atoms with van der Waals surface area (Å²) in [5.74, 6) is -1.18. The number of hydrogen-bond acceptors (Lipinski definition) is 4. The molecule has 0 aliphatic carbocycles. The zero-order valence-electron chi connectivity index (χ0n) is 12.8. The SMILES string of the molecule is CCCNC(=O)CNC(=O)COC(=O)CCc1ccccc1. The van der Waals surface area contributed by atoms with Crippen LogP contribution in [0, 0.1) is 0 Å². The molecule has 2 amide bonds. The number of carbonyl (C=O) groups is 3. The van der Waals surface area contributed by atoms with Crippen molar-refractivity contribution in [2.45, 2.75) is 26.2 Å². The van der Waals surface area contributed by atoms with E-state index < -0.39 is 11.9 Å². The lowest BCUT2D eigenvalue weighted by Crippen LogP contribution is -2.38. The summed E-state index contributed by atoms with van der Waals surface area (Å²) in [7, 11) is 0. The number of rotatable bonds is 9. The van der Waals surface area contributed by atoms with Gasteiger partial charge in [0.05, 0.1) is 6.54 Å². The van der Waals surface area contributed by atoms with Crippen molar-refractivity contribution in [2.75, 3.05) is 19.7 Å². The van der Waals surface area contributed by atoms with Crippen molar-refractivity contribution in [3.63, 3.8) is 0 Å². The van der Waals surface area contributed by atoms with E-state index in [1.807, 2.05) is 37.3 Å². The highest BCUT2D eigenvalue weighted by atomic mass is 16.5. The Balaban J connectivity index is 2.12. The lowest BCUT2D eigenvalue weighted by atomic mass is 10.1. The number of aryl methyl sites for hydroxylation is 1. The largest absolute Gasteiger partial charge is 0.456 e. The fourth-order valence-electron chi connectivity index (χ4n) is 1.67. The lowest BCUT2D eigenvalue weighted by Gasteiger charge is -2.07. The third-order valence-electron chi connectivity index (χ3n) is 2.84. The van der Waals surface area contributed by atoms with Crippen LogP contribution in [0.15, 0.2) is 30.3 Å². The van der Waals surface area contributed by atoms with Gasteiger partial charge < -0.3 is 15.4 Å². The van der Waals surface area contributed by atoms with Crippen LogP contribution in [0.4, 0.5) is 0 Å². The van der Waals surface area contributed by atoms with E-state index in [0.717, 1.165) is 12.0 Å². The molecule has 0 unspecified atom stereocenters. The van der Waals surface area contributed by atoms with Gasteiger partial charge in [-0.15, -0.1) is 0 Å². The number of esters is 1. The van der Waals surface area contributed by atoms with Gasteiger partial charge in [-0.05, 0) is 18.4 Å². The van der Waals surface area contributed by atoms with Crippen LogP contribution in [0.1, 0.15) is 25.3 Å². The van der Waals surface area contributed by atoms with E-state index in [-0.39, 0.29) is 25.5 Å². The third-order valence-corrected chi connectivity index (χ3v) is 2.84. The van der Waals surface area contributed by atoms with E-state index in [1.54, 1.807) is 0 Å². The van der Waals surface area contributed by atoms with Gasteiger partial charge in [-0.1, -0.05) is 37.3 Å². The summed E-state index contributed by atoms with van der Waals surface area (Å²) in [5, 5.41) is 5.02. The van der Waals surface area contributed by atoms with Crippen LogP contribution in [-0.2, 0) is 25.5 Å². The maximum Gasteiger partial charge on any atom is 0.306 e. The minimum absolute atomic E-state index is 0.111. The molecule has 22 heavy (non-hydrogen) atoms. The summed E-state index contributed by atoms with van der Waals surface area (Å²) in [6.07, 6.45) is 1.62. The molecule has 0 aromatic heterocycles. The third kappa shape index (κ3) is 8.04. The van der Waals surface area contributed by atoms with Crippen molar-refractivity contribution in [3.05, 3.63) is 35.9 Å². The van der Waals surface area contributed by atoms with Crippen molar-refractivity contribution >= 4 is 17.8 Å². The Hall–Kier alpha value is -2.37. The second-order valence-electron chi connectivity index (χ2n) is 4.77. The van der Waals surface area contributed by atoms with E-state index >= 15 is 0 Å². The Morgan fingerprint density at radius 1 is 1.05 bits per heavy atom. The molecule has 1 rings (SSSR count). The van der Waals surface area contributed by atoms with Crippen molar-refractivity contribution in [2.24, 2.45) is 0 Å². The van der Waals surface area contributed by atoms with Crippen LogP contribution in [0.5, 0.6) is 0 Å². The summed E-state index contributed by atoms with van der Waals surface area (Å²) in [5.41, 5.74) is 1.04. The maximum absolute atomic E-state index is 11.5. The molecule has 0 atom stereocenters. The predicted octanol–water partition coefficient (Wildman–Crippen LogP) is 0.805. The quantitative estimate of drug-likeness (QED) is 0.661. The Bertz CT molecular complexity index is 488. The molecule has 0 bridgehead atoms. The van der Waals surface area contributed by atoms with Crippen molar-refractivity contribution in [1.82, 2.24) is 10.6 Å². The van der Waals surface area contributed by atoms with Gasteiger partial charge in [-0.25, -0.2) is 0 Å². The van der Waals surface area contributed by atoms with Crippen LogP contribution in [-0.4, -0.2) is 37.5 Å². The second kappa shape index (κ2) is 10.4. The average Bonchev–Trinajstić information content (AvgIpc) is 2.55. The zero-order chi connectivity index (χ0) is 16.2. The first-order chi connectivity index (χ1) is 10.6. The molecule has 0 aliphatic rings. The van der Waals surface area contributed by atoms with Crippen LogP contribution in [0.3, 0.4) is 0 Å². The summed E-state index contributed by atoms with van der Waals surface area (Å²) in [6.45, 7) is 2.03. The Morgan fingerprint density at radius 3 is 2.45 bits per heavy atom. The van der Waals surface area contributed by atoms with Gasteiger partial charge in [0.15, 0.2) is 6.61 Å². The first-order valence-electron chi connectivity index (χ1n) is 7.34. The van der Waals surface area contributed by atoms with E-state index in [1.165, 1.54) is 0 Å². The predicted molar refractivity (Wildman–Crippen MR) is 82.0 cm³/mol. The number of benzene rings is 1. The first kappa shape index (κ1) is 17.7. The normalized spacial score (nSPS) is 9.86. The van der Waals surface area contributed by atoms with Gasteiger partial charge in [0.25, 0.3) is 5.91 Å². The molecular formula is C16H22N2O4. The van der Waals surface area contributed by atoms with E-state index in [9.17, 15) is 14.4 Å². The molecule has 6 nitrogen and oxygen atoms in total. The fraction of sp³-hybridized carbons (Fsp3) is 0.438. The van der Waals surface area contributed by atoms with Gasteiger partial charge in [0, 0.05) is 13.0 Å². The molecular weight excluding hydrogens is 284 g/mol. The molecule has 1 aromatic carbocycles. The number of hydrogen-bond donors (Lipinski definition) is 2. The second-order valence-corrected chi connectivity index (χ2v) is 4.77. The Kier molecular flexibility index (Phi) is 8.33. The van der Waals surface area contributed by atoms with Crippen molar-refractivity contribution in [3.8, 4) is 0 Å². The molecule has 0 aliphatic heterocycles. The number of amides is 2. The molecule has 0 radical (unpaired) electrons. The highest BCUT2D eigenvalue weighted by Crippen LogP contribution is 2.03. The Morgan fingerprint density at radius 2 is 1.77 bits per heavy atom. The maximum atomic E-state index is 11.5. The van der Waals surface area contributed by atoms with Gasteiger partial charge in [-0.2, -0.15) is 0 Å². The van der Waals surface area contributed by atoms with Crippen LogP contribution < -0.4 is 10.6 Å². The van der Waals surface area contributed by atoms with Crippen LogP contribution in [0.25, 0.3) is 0 Å². The molecule has 0 saturated carbocycles. The molecule has 120 valence electrons. The lowest BCUT2D eigenvalue weighted by molar-refractivity contribution is -0.148. The molecule has 0 spiro atoms. The smallest absolute Gasteiger partial charge is 0.306 e. The topological polar surface area (TPSA) is 84.5 Å². The van der Waals surface area contributed by atoms with Gasteiger partial charge in [0.2, 0.25) is 5.91 Å². The zero-order valence-corrected chi connectivity index (χ0v) is 12.8. The van der Waals surface area contributed by atoms with E-state index in [4.69, 9.17) is 4.74 Å². The summed E-state index contributed by atoms with van der Waals surface area (Å²) in [4.78, 5) is 34.2. The number of ether oxygens (including phenoxy) is 1. The standard InChI is InChI=1S/C16H22N2O4/c1-2-10-17-14(19)11-18-15(20)12-22-16(21)9-8-13-6-4-3-5-7-13/h3-7H,2,8-12H2,1H3,(H,17,19)(H,18,20). The van der Waals surface area contributed by atoms with Crippen molar-refractivity contribution in [1.29, 1.82) is 0 Å². The van der Waals surface area contributed by atoms with Crippen molar-refractivity contribution < 1.29 is 19.1 Å². The van der Waals surface area contributed by atoms with E-state index in [2.05, 4.69) is 10.6 Å². The molecule has 0 saturated heterocycles. The fourth-order valence-corrected chi connectivity index (χ4v) is 1.67. The first-order valence-corrected chi connectivity index (χ1v) is 7.34. The summed E-state index contributed by atoms with van der Waals surface area (Å²) < 4.78 is 4.86. The summed E-state index contributed by atoms with van der Waals surface area (Å²) in [6, 6.07) is 9.56. The van der Waals surface area contributed by atoms with Gasteiger partial charge in [0.1, 0.15) is 0 Å². The average molecular weight is 306 g/mol. The highest BCUT2D eigenvalue weighted by molar-refractivity contribution is 5.86. The monoisotopic (exact) mass is 306 g/mol.